The van der Waals surface area contributed by atoms with Gasteiger partial charge >= 0.3 is 54.0 Å². The highest BCUT2D eigenvalue weighted by molar-refractivity contribution is 8.76. The van der Waals surface area contributed by atoms with Gasteiger partial charge in [0.2, 0.25) is 23.6 Å². The number of nitrogens with zero attached hydrogens (tertiary/aromatic N) is 3. The van der Waals surface area contributed by atoms with E-state index in [0.717, 1.165) is 65.8 Å². The molecular weight excluding hydrogens is 1610 g/mol. The molecule has 0 spiro atoms. The van der Waals surface area contributed by atoms with Crippen LogP contribution in [0.15, 0.2) is 53.9 Å². The van der Waals surface area contributed by atoms with Gasteiger partial charge in [-0.05, 0) is 118 Å². The number of amides is 9. The molecule has 0 aliphatic carbocycles. The van der Waals surface area contributed by atoms with Crippen LogP contribution in [0.4, 0.5) is 9.59 Å². The number of carbonyl (C=O) groups excluding carboxylic acids is 12. The van der Waals surface area contributed by atoms with E-state index in [4.69, 9.17) is 29.2 Å². The van der Waals surface area contributed by atoms with E-state index in [2.05, 4.69) is 68.2 Å². The second-order valence-electron chi connectivity index (χ2n) is 29.6. The van der Waals surface area contributed by atoms with E-state index in [9.17, 15) is 97.5 Å². The largest absolute Gasteiger partial charge is 0.508 e. The van der Waals surface area contributed by atoms with E-state index in [0.29, 0.717) is 48.4 Å². The number of benzene rings is 2. The number of thiazole rings is 1. The maximum atomic E-state index is 15.0. The smallest absolute Gasteiger partial charge is 0.373 e. The topological polar surface area (TPSA) is 546 Å². The van der Waals surface area contributed by atoms with Crippen molar-refractivity contribution in [3.63, 3.8) is 0 Å². The fourth-order valence-corrected chi connectivity index (χ4v) is 15.7. The molecule has 1 fully saturated rings. The molecule has 119 heavy (non-hydrogen) atoms. The number of esters is 1. The van der Waals surface area contributed by atoms with Crippen molar-refractivity contribution in [2.24, 2.45) is 29.6 Å². The van der Waals surface area contributed by atoms with E-state index in [1.165, 1.54) is 35.6 Å². The summed E-state index contributed by atoms with van der Waals surface area (Å²) >= 11 is 1.32. The summed E-state index contributed by atoms with van der Waals surface area (Å²) in [6.45, 7) is 14.8. The Morgan fingerprint density at radius 1 is 0.672 bits per heavy atom. The number of carboxylic acid groups (broad SMARTS) is 5. The van der Waals surface area contributed by atoms with Crippen molar-refractivity contribution in [3.05, 3.63) is 81.3 Å². The maximum Gasteiger partial charge on any atom is 0.373 e. The van der Waals surface area contributed by atoms with Crippen molar-refractivity contribution in [3.8, 4) is 5.75 Å². The van der Waals surface area contributed by atoms with Gasteiger partial charge in [0.05, 0.1) is 42.3 Å². The van der Waals surface area contributed by atoms with Crippen molar-refractivity contribution in [2.45, 2.75) is 219 Å². The van der Waals surface area contributed by atoms with Crippen LogP contribution < -0.4 is 42.5 Å². The first-order valence-corrected chi connectivity index (χ1v) is 43.1. The van der Waals surface area contributed by atoms with Crippen molar-refractivity contribution >= 4 is 128 Å². The number of aromatic hydroxyl groups is 1. The summed E-state index contributed by atoms with van der Waals surface area (Å²) < 4.78 is 11.5. The number of unbranched alkanes of at least 4 members (excludes halogenated alkanes) is 2. The number of piperidine rings is 1. The van der Waals surface area contributed by atoms with Crippen molar-refractivity contribution in [1.29, 1.82) is 0 Å². The molecule has 1 aliphatic rings. The number of likely N-dealkylation sites (N-methyl/N-ethyl adjacent to an activating group) is 1. The third kappa shape index (κ3) is 41.0. The SMILES string of the molecule is CCCCOCN(C(=O)[C@@H](CC(=O)[C@H]1CCCCN1C)C(C)CC)[C@H](C[C@@H](C)c1nc(C(=O)N[C@@H](Cc2ccc(O)cc2)C[C@H](C)C(=O)NCC(=O)OCCSSC[C@H](NC(=O)[C@H](CC(=O)O)CC(=O)[C@H](CC(=O)O)NC(=O)Cc2ccc(CNC(=O)NCCCC[C@H](NC(=O)NCCCC(=O)O)C(=O)O)cc2)C(=O)O)cs1)C(C)C.O=C=O. The Morgan fingerprint density at radius 3 is 1.94 bits per heavy atom. The van der Waals surface area contributed by atoms with E-state index in [-0.39, 0.29) is 149 Å². The molecule has 1 aromatic heterocycles. The first-order chi connectivity index (χ1) is 56.5. The van der Waals surface area contributed by atoms with Gasteiger partial charge in [-0.3, -0.25) is 57.6 Å². The predicted octanol–water partition coefficient (Wildman–Crippen LogP) is 6.31. The Morgan fingerprint density at radius 2 is 1.32 bits per heavy atom. The monoisotopic (exact) mass is 1730 g/mol. The Hall–Kier alpha value is -10.1. The molecule has 660 valence electrons. The van der Waals surface area contributed by atoms with Crippen LogP contribution in [0.2, 0.25) is 0 Å². The minimum atomic E-state index is -1.74. The van der Waals surface area contributed by atoms with Crippen molar-refractivity contribution in [2.75, 3.05) is 64.7 Å². The third-order valence-electron chi connectivity index (χ3n) is 19.8. The van der Waals surface area contributed by atoms with E-state index < -0.39 is 145 Å². The van der Waals surface area contributed by atoms with Crippen molar-refractivity contribution in [1.82, 2.24) is 57.3 Å². The highest BCUT2D eigenvalue weighted by atomic mass is 33.1. The number of Topliss-reactive ketones (excluding diaryl/α,β-unsaturated/α-hetero) is 2. The lowest BCUT2D eigenvalue weighted by atomic mass is 9.82. The molecule has 36 nitrogen and oxygen atoms in total. The highest BCUT2D eigenvalue weighted by Gasteiger charge is 2.39. The lowest BCUT2D eigenvalue weighted by Crippen LogP contribution is -2.50. The summed E-state index contributed by atoms with van der Waals surface area (Å²) in [5.41, 5.74) is 1.90. The first-order valence-electron chi connectivity index (χ1n) is 39.7. The quantitative estimate of drug-likeness (QED) is 0.0127. The van der Waals surface area contributed by atoms with Crippen LogP contribution in [0.1, 0.15) is 196 Å². The van der Waals surface area contributed by atoms with Crippen LogP contribution in [0.25, 0.3) is 0 Å². The minimum Gasteiger partial charge on any atom is -0.508 e. The molecule has 3 aromatic rings. The van der Waals surface area contributed by atoms with Crippen LogP contribution in [-0.4, -0.2) is 241 Å². The highest BCUT2D eigenvalue weighted by Crippen LogP contribution is 2.33. The molecule has 0 bridgehead atoms. The van der Waals surface area contributed by atoms with E-state index in [1.54, 1.807) is 36.6 Å². The average molecular weight is 1730 g/mol. The number of ketones is 2. The fraction of sp³-hybridized carbons (Fsp3) is 0.613. The summed E-state index contributed by atoms with van der Waals surface area (Å²) in [5.74, 6) is -15.2. The first kappa shape index (κ1) is 103. The second-order valence-corrected chi connectivity index (χ2v) is 33.2. The van der Waals surface area contributed by atoms with Gasteiger partial charge in [-0.25, -0.2) is 24.2 Å². The number of phenolic OH excluding ortho intramolecular Hbond substituents is 1. The van der Waals surface area contributed by atoms with Crippen molar-refractivity contribution < 1.29 is 122 Å². The number of hydrogen-bond donors (Lipinski definition) is 14. The summed E-state index contributed by atoms with van der Waals surface area (Å²) in [6, 6.07) is 5.57. The Balaban J connectivity index is 0.0000120. The molecule has 1 aliphatic heterocycles. The number of likely N-dealkylation sites (tertiary alicyclic amines) is 1. The summed E-state index contributed by atoms with van der Waals surface area (Å²) in [7, 11) is 3.97. The van der Waals surface area contributed by atoms with Crippen LogP contribution in [0, 0.1) is 29.6 Å². The molecule has 2 heterocycles. The van der Waals surface area contributed by atoms with Gasteiger partial charge in [-0.1, -0.05) is 126 Å². The molecule has 2 aromatic carbocycles. The Labute approximate surface area is 703 Å². The molecule has 0 saturated carbocycles. The van der Waals surface area contributed by atoms with Gasteiger partial charge in [-0.2, -0.15) is 9.59 Å². The van der Waals surface area contributed by atoms with Crippen LogP contribution >= 0.6 is 32.9 Å². The van der Waals surface area contributed by atoms with Gasteiger partial charge in [-0.15, -0.1) is 11.3 Å². The van der Waals surface area contributed by atoms with Crippen LogP contribution in [-0.2, 0) is 96.0 Å². The molecule has 4 rings (SSSR count). The molecule has 14 N–H and O–H groups in total. The normalized spacial score (nSPS) is 15.1. The molecule has 0 radical (unpaired) electrons. The molecule has 39 heteroatoms. The second kappa shape index (κ2) is 56.4. The molecule has 1 unspecified atom stereocenters. The number of rotatable bonds is 57. The number of aromatic nitrogens is 1. The summed E-state index contributed by atoms with van der Waals surface area (Å²) in [6.07, 6.45) is 4.00. The summed E-state index contributed by atoms with van der Waals surface area (Å²) in [5, 5.41) is 80.0. The maximum absolute atomic E-state index is 15.0. The lowest BCUT2D eigenvalue weighted by molar-refractivity contribution is -0.192. The Kier molecular flexibility index (Phi) is 48.9. The molecule has 1 saturated heterocycles. The number of phenols is 1. The zero-order valence-corrected chi connectivity index (χ0v) is 71.1. The molecule has 9 amide bonds. The third-order valence-corrected chi connectivity index (χ3v) is 23.2. The fourth-order valence-electron chi connectivity index (χ4n) is 12.9. The standard InChI is InChI=1S/C79H117N11O23S3.CO2/c1-9-11-31-112-46-90(75(105)57(48(5)10-2)40-65(93)62-18-13-15-30-89(62)8)63(47(3)4)35-50(7)74-87-60(44-114-74)73(104)84-55(36-51-24-26-56(91)27-25-51)34-49(6)71(102)82-43-70(101)113-32-33-115-116-45-61(77(108)109)86-72(103)54(39-68(97)98)38-64(92)59(41-69(99)100)85-66(94)37-52-20-22-53(23-21-52)42-83-78(110)80-28-14-12-17-58(76(106)107)88-79(111)81-29-16-19-67(95)96;2-1-3/h20-27,44,47-50,54-55,57-59,61-63,91H,9-19,28-43,45-46H2,1-8H3,(H,82,102)(H,84,104)(H,85,94)(H,86,103)(H,95,96)(H,97,98)(H,99,100)(H,106,107)(H,108,109)(H2,80,83,110)(H2,81,88,111);/t48?,49-,50+,54-,55+,57-,58-,59-,61-,62+,63+;/m0./s1. The number of nitrogens with one attached hydrogen (secondary N) is 8. The summed E-state index contributed by atoms with van der Waals surface area (Å²) in [4.78, 5) is 218. The zero-order valence-electron chi connectivity index (χ0n) is 68.6. The van der Waals surface area contributed by atoms with Gasteiger partial charge < -0.3 is 87.5 Å². The van der Waals surface area contributed by atoms with E-state index >= 15 is 0 Å². The lowest BCUT2D eigenvalue weighted by Gasteiger charge is -2.39. The molecule has 11 atom stereocenters. The van der Waals surface area contributed by atoms with Crippen LogP contribution in [0.3, 0.4) is 0 Å². The number of ether oxygens (including phenoxy) is 2. The van der Waals surface area contributed by atoms with Gasteiger partial charge in [0, 0.05) is 92.2 Å². The predicted molar refractivity (Wildman–Crippen MR) is 438 cm³/mol. The average Bonchev–Trinajstić information content (AvgIpc) is 1.78. The number of hydrogen-bond acceptors (Lipinski definition) is 25. The minimum absolute atomic E-state index is 0.0158. The molecular formula is C80H117N11O25S3. The van der Waals surface area contributed by atoms with E-state index in [1.807, 2.05) is 32.7 Å². The van der Waals surface area contributed by atoms with Gasteiger partial charge in [0.25, 0.3) is 5.91 Å². The Bertz CT molecular complexity index is 3830. The van der Waals surface area contributed by atoms with Gasteiger partial charge in [0.1, 0.15) is 43.4 Å². The number of urea groups is 2. The number of aliphatic carboxylic acids is 5. The number of carbonyl (C=O) groups is 15. The van der Waals surface area contributed by atoms with Crippen LogP contribution in [0.5, 0.6) is 5.75 Å². The number of carboxylic acids is 5. The van der Waals surface area contributed by atoms with Gasteiger partial charge in [0.15, 0.2) is 11.6 Å². The zero-order chi connectivity index (χ0) is 88.7.